The van der Waals surface area contributed by atoms with Crippen LogP contribution in [0.5, 0.6) is 0 Å². The first kappa shape index (κ1) is 20.3. The third-order valence-corrected chi connectivity index (χ3v) is 5.63. The lowest BCUT2D eigenvalue weighted by atomic mass is 10.1. The van der Waals surface area contributed by atoms with Gasteiger partial charge in [0.05, 0.1) is 11.0 Å². The zero-order valence-corrected chi connectivity index (χ0v) is 16.9. The van der Waals surface area contributed by atoms with E-state index < -0.39 is 0 Å². The highest BCUT2D eigenvalue weighted by atomic mass is 35.5. The Balaban J connectivity index is 1.80. The molecule has 1 heterocycles. The van der Waals surface area contributed by atoms with Gasteiger partial charge in [0.2, 0.25) is 5.91 Å². The van der Waals surface area contributed by atoms with Crippen LogP contribution < -0.4 is 0 Å². The van der Waals surface area contributed by atoms with Crippen molar-refractivity contribution in [3.8, 4) is 0 Å². The number of amides is 1. The van der Waals surface area contributed by atoms with Crippen molar-refractivity contribution < 1.29 is 9.18 Å². The quantitative estimate of drug-likeness (QED) is 0.381. The van der Waals surface area contributed by atoms with Crippen LogP contribution in [0, 0.1) is 5.82 Å². The third-order valence-electron chi connectivity index (χ3n) is 4.21. The molecule has 3 rings (SSSR count). The first-order valence-electron chi connectivity index (χ1n) is 8.69. The van der Waals surface area contributed by atoms with Crippen molar-refractivity contribution in [2.75, 3.05) is 6.54 Å². The highest BCUT2D eigenvalue weighted by molar-refractivity contribution is 8.15. The summed E-state index contributed by atoms with van der Waals surface area (Å²) in [7, 11) is 0. The maximum atomic E-state index is 13.1. The van der Waals surface area contributed by atoms with Crippen molar-refractivity contribution in [3.05, 3.63) is 83.2 Å². The van der Waals surface area contributed by atoms with Gasteiger partial charge in [0.1, 0.15) is 5.82 Å². The molecular formula is C21H19ClFN3OS. The van der Waals surface area contributed by atoms with Crippen LogP contribution >= 0.6 is 23.4 Å². The summed E-state index contributed by atoms with van der Waals surface area (Å²) >= 11 is 7.31. The molecule has 1 unspecified atom stereocenters. The molecule has 1 fully saturated rings. The zero-order valence-electron chi connectivity index (χ0n) is 15.3. The summed E-state index contributed by atoms with van der Waals surface area (Å²) in [6.45, 7) is 5.88. The third kappa shape index (κ3) is 4.88. The normalized spacial score (nSPS) is 18.8. The fourth-order valence-electron chi connectivity index (χ4n) is 2.71. The maximum Gasteiger partial charge on any atom is 0.242 e. The molecule has 28 heavy (non-hydrogen) atoms. The number of rotatable bonds is 6. The van der Waals surface area contributed by atoms with Gasteiger partial charge in [0.25, 0.3) is 0 Å². The Morgan fingerprint density at radius 2 is 1.93 bits per heavy atom. The molecular weight excluding hydrogens is 397 g/mol. The van der Waals surface area contributed by atoms with Gasteiger partial charge in [-0.3, -0.25) is 9.69 Å². The Bertz CT molecular complexity index is 926. The minimum absolute atomic E-state index is 0.0202. The molecule has 1 atom stereocenters. The standard InChI is InChI=1S/C21H19ClFN3OS/c1-3-12-26-20(27)19(13-15-4-8-17(22)9-5-15)28-21(26)25-24-14(2)16-6-10-18(23)11-7-16/h3-11,19H,1,12-13H2,2H3. The Kier molecular flexibility index (Phi) is 6.65. The van der Waals surface area contributed by atoms with E-state index >= 15 is 0 Å². The second-order valence-electron chi connectivity index (χ2n) is 6.25. The van der Waals surface area contributed by atoms with Gasteiger partial charge >= 0.3 is 0 Å². The molecule has 1 saturated heterocycles. The van der Waals surface area contributed by atoms with Crippen LogP contribution in [0.1, 0.15) is 18.1 Å². The Labute approximate surface area is 172 Å². The van der Waals surface area contributed by atoms with Crippen LogP contribution in [0.4, 0.5) is 4.39 Å². The van der Waals surface area contributed by atoms with Crippen molar-refractivity contribution in [2.45, 2.75) is 18.6 Å². The number of carbonyl (C=O) groups is 1. The highest BCUT2D eigenvalue weighted by Gasteiger charge is 2.37. The van der Waals surface area contributed by atoms with E-state index in [1.54, 1.807) is 30.0 Å². The molecule has 1 amide bonds. The molecule has 4 nitrogen and oxygen atoms in total. The molecule has 0 bridgehead atoms. The van der Waals surface area contributed by atoms with E-state index in [1.807, 2.05) is 24.3 Å². The van der Waals surface area contributed by atoms with E-state index in [9.17, 15) is 9.18 Å². The predicted octanol–water partition coefficient (Wildman–Crippen LogP) is 4.93. The summed E-state index contributed by atoms with van der Waals surface area (Å²) in [5.41, 5.74) is 2.44. The number of nitrogens with zero attached hydrogens (tertiary/aromatic N) is 3. The van der Waals surface area contributed by atoms with Crippen LogP contribution in [0.15, 0.2) is 71.4 Å². The maximum absolute atomic E-state index is 13.1. The summed E-state index contributed by atoms with van der Waals surface area (Å²) in [5, 5.41) is 9.45. The van der Waals surface area contributed by atoms with Crippen LogP contribution in [0.3, 0.4) is 0 Å². The van der Waals surface area contributed by atoms with Gasteiger partial charge in [0.15, 0.2) is 5.17 Å². The molecule has 2 aromatic carbocycles. The summed E-state index contributed by atoms with van der Waals surface area (Å²) in [4.78, 5) is 14.4. The van der Waals surface area contributed by atoms with E-state index in [2.05, 4.69) is 16.8 Å². The number of hydrogen-bond acceptors (Lipinski definition) is 4. The molecule has 1 aliphatic rings. The van der Waals surface area contributed by atoms with Gasteiger partial charge in [-0.15, -0.1) is 11.7 Å². The summed E-state index contributed by atoms with van der Waals surface area (Å²) in [6.07, 6.45) is 2.24. The molecule has 0 saturated carbocycles. The van der Waals surface area contributed by atoms with E-state index in [-0.39, 0.29) is 17.0 Å². The van der Waals surface area contributed by atoms with E-state index in [0.29, 0.717) is 28.9 Å². The molecule has 0 aromatic heterocycles. The lowest BCUT2D eigenvalue weighted by molar-refractivity contribution is -0.125. The Morgan fingerprint density at radius 1 is 1.25 bits per heavy atom. The smallest absolute Gasteiger partial charge is 0.242 e. The number of hydrogen-bond donors (Lipinski definition) is 0. The van der Waals surface area contributed by atoms with Gasteiger partial charge in [-0.2, -0.15) is 5.10 Å². The fraction of sp³-hybridized carbons (Fsp3) is 0.190. The van der Waals surface area contributed by atoms with E-state index in [0.717, 1.165) is 11.1 Å². The minimum Gasteiger partial charge on any atom is -0.285 e. The minimum atomic E-state index is -0.304. The SMILES string of the molecule is C=CCN1C(=O)C(Cc2ccc(Cl)cc2)SC1=NN=C(C)c1ccc(F)cc1. The predicted molar refractivity (Wildman–Crippen MR) is 114 cm³/mol. The second-order valence-corrected chi connectivity index (χ2v) is 7.86. The number of halogens is 2. The van der Waals surface area contributed by atoms with Crippen LogP contribution in [0.25, 0.3) is 0 Å². The molecule has 2 aromatic rings. The first-order chi connectivity index (χ1) is 13.5. The molecule has 1 aliphatic heterocycles. The van der Waals surface area contributed by atoms with Gasteiger partial charge in [-0.25, -0.2) is 4.39 Å². The Morgan fingerprint density at radius 3 is 2.57 bits per heavy atom. The molecule has 0 radical (unpaired) electrons. The molecule has 0 spiro atoms. The largest absolute Gasteiger partial charge is 0.285 e. The number of carbonyl (C=O) groups excluding carboxylic acids is 1. The lowest BCUT2D eigenvalue weighted by Crippen LogP contribution is -2.32. The number of amidine groups is 1. The van der Waals surface area contributed by atoms with Gasteiger partial charge < -0.3 is 0 Å². The number of thioether (sulfide) groups is 1. The fourth-order valence-corrected chi connectivity index (χ4v) is 3.98. The van der Waals surface area contributed by atoms with Gasteiger partial charge in [0, 0.05) is 11.6 Å². The molecule has 0 aliphatic carbocycles. The van der Waals surface area contributed by atoms with Crippen LogP contribution in [-0.4, -0.2) is 33.5 Å². The average molecular weight is 416 g/mol. The molecule has 144 valence electrons. The summed E-state index contributed by atoms with van der Waals surface area (Å²) in [5.74, 6) is -0.324. The summed E-state index contributed by atoms with van der Waals surface area (Å²) < 4.78 is 13.1. The van der Waals surface area contributed by atoms with E-state index in [1.165, 1.54) is 23.9 Å². The van der Waals surface area contributed by atoms with Crippen molar-refractivity contribution in [1.29, 1.82) is 0 Å². The first-order valence-corrected chi connectivity index (χ1v) is 9.95. The Hall–Kier alpha value is -2.44. The second kappa shape index (κ2) is 9.17. The number of benzene rings is 2. The van der Waals surface area contributed by atoms with Gasteiger partial charge in [-0.1, -0.05) is 53.7 Å². The van der Waals surface area contributed by atoms with Crippen LogP contribution in [0.2, 0.25) is 5.02 Å². The van der Waals surface area contributed by atoms with Crippen molar-refractivity contribution in [2.24, 2.45) is 10.2 Å². The van der Waals surface area contributed by atoms with Gasteiger partial charge in [-0.05, 0) is 48.7 Å². The monoisotopic (exact) mass is 415 g/mol. The van der Waals surface area contributed by atoms with Crippen LogP contribution in [-0.2, 0) is 11.2 Å². The highest BCUT2D eigenvalue weighted by Crippen LogP contribution is 2.30. The summed E-state index contributed by atoms with van der Waals surface area (Å²) in [6, 6.07) is 13.5. The van der Waals surface area contributed by atoms with Crippen molar-refractivity contribution in [1.82, 2.24) is 4.90 Å². The van der Waals surface area contributed by atoms with E-state index in [4.69, 9.17) is 11.6 Å². The van der Waals surface area contributed by atoms with Crippen molar-refractivity contribution >= 4 is 40.1 Å². The topological polar surface area (TPSA) is 45.0 Å². The molecule has 7 heteroatoms. The van der Waals surface area contributed by atoms with Crippen molar-refractivity contribution in [3.63, 3.8) is 0 Å². The lowest BCUT2D eigenvalue weighted by Gasteiger charge is -2.13. The zero-order chi connectivity index (χ0) is 20.1. The average Bonchev–Trinajstić information content (AvgIpc) is 2.98. The molecule has 0 N–H and O–H groups in total.